The lowest BCUT2D eigenvalue weighted by Gasteiger charge is -2.15. The van der Waals surface area contributed by atoms with Crippen molar-refractivity contribution in [3.05, 3.63) is 58.8 Å². The minimum atomic E-state index is -0.128. The van der Waals surface area contributed by atoms with Gasteiger partial charge in [0.1, 0.15) is 5.76 Å². The molecule has 0 saturated carbocycles. The van der Waals surface area contributed by atoms with Crippen molar-refractivity contribution in [3.8, 4) is 0 Å². The average Bonchev–Trinajstić information content (AvgIpc) is 3.34. The summed E-state index contributed by atoms with van der Waals surface area (Å²) in [5.74, 6) is 1.32. The molecule has 0 radical (unpaired) electrons. The Bertz CT molecular complexity index is 1180. The van der Waals surface area contributed by atoms with Crippen LogP contribution in [0, 0.1) is 0 Å². The average molecular weight is 383 g/mol. The molecule has 27 heavy (non-hydrogen) atoms. The summed E-state index contributed by atoms with van der Waals surface area (Å²) in [4.78, 5) is 26.5. The van der Waals surface area contributed by atoms with Crippen molar-refractivity contribution in [3.63, 3.8) is 0 Å². The summed E-state index contributed by atoms with van der Waals surface area (Å²) in [7, 11) is 3.39. The highest BCUT2D eigenvalue weighted by Gasteiger charge is 2.17. The molecule has 0 fully saturated rings. The molecule has 0 aliphatic heterocycles. The van der Waals surface area contributed by atoms with Gasteiger partial charge in [-0.3, -0.25) is 18.6 Å². The lowest BCUT2D eigenvalue weighted by molar-refractivity contribution is -0.127. The fourth-order valence-corrected chi connectivity index (χ4v) is 3.75. The van der Waals surface area contributed by atoms with Gasteiger partial charge in [-0.25, -0.2) is 0 Å². The van der Waals surface area contributed by atoms with E-state index in [4.69, 9.17) is 4.42 Å². The molecule has 8 nitrogen and oxygen atoms in total. The lowest BCUT2D eigenvalue weighted by atomic mass is 10.2. The molecule has 1 amide bonds. The van der Waals surface area contributed by atoms with E-state index in [0.29, 0.717) is 22.9 Å². The van der Waals surface area contributed by atoms with Crippen LogP contribution in [0.25, 0.3) is 16.7 Å². The summed E-state index contributed by atoms with van der Waals surface area (Å²) in [6.07, 6.45) is 1.58. The van der Waals surface area contributed by atoms with E-state index in [9.17, 15) is 9.59 Å². The Morgan fingerprint density at radius 3 is 2.81 bits per heavy atom. The molecule has 4 aromatic rings. The molecule has 0 N–H and O–H groups in total. The van der Waals surface area contributed by atoms with Crippen LogP contribution in [0.5, 0.6) is 0 Å². The summed E-state index contributed by atoms with van der Waals surface area (Å²) in [5, 5.41) is 9.45. The molecular formula is C18H17N5O3S. The number of carbonyl (C=O) groups excluding carboxylic acids is 1. The number of hydrogen-bond acceptors (Lipinski definition) is 6. The van der Waals surface area contributed by atoms with Crippen molar-refractivity contribution in [1.29, 1.82) is 0 Å². The van der Waals surface area contributed by atoms with E-state index in [1.54, 1.807) is 41.8 Å². The number of nitrogens with zero attached hydrogens (tertiary/aromatic N) is 5. The van der Waals surface area contributed by atoms with Crippen LogP contribution >= 0.6 is 11.8 Å². The van der Waals surface area contributed by atoms with Gasteiger partial charge in [0.15, 0.2) is 5.16 Å². The zero-order valence-electron chi connectivity index (χ0n) is 14.8. The van der Waals surface area contributed by atoms with Crippen molar-refractivity contribution >= 4 is 34.3 Å². The van der Waals surface area contributed by atoms with Crippen molar-refractivity contribution in [2.24, 2.45) is 7.05 Å². The number of amides is 1. The molecule has 0 spiro atoms. The van der Waals surface area contributed by atoms with Crippen LogP contribution in [0.1, 0.15) is 5.76 Å². The number of para-hydroxylation sites is 1. The van der Waals surface area contributed by atoms with Gasteiger partial charge in [0.2, 0.25) is 11.7 Å². The Hall–Kier alpha value is -3.07. The number of carbonyl (C=O) groups is 1. The third-order valence-electron chi connectivity index (χ3n) is 4.32. The first-order chi connectivity index (χ1) is 13.1. The number of fused-ring (bicyclic) bond motifs is 3. The Kier molecular flexibility index (Phi) is 4.44. The van der Waals surface area contributed by atoms with Crippen molar-refractivity contribution in [2.45, 2.75) is 11.7 Å². The standard InChI is InChI=1S/C18H17N5O3S/c1-21(10-12-6-5-9-26-12)15(24)11-27-18-20-19-17-22(2)16(25)13-7-3-4-8-14(13)23(17)18/h3-9H,10-11H2,1-2H3. The predicted molar refractivity (Wildman–Crippen MR) is 102 cm³/mol. The quantitative estimate of drug-likeness (QED) is 0.490. The molecule has 0 aliphatic rings. The molecule has 0 unspecified atom stereocenters. The van der Waals surface area contributed by atoms with Crippen molar-refractivity contribution < 1.29 is 9.21 Å². The highest BCUT2D eigenvalue weighted by molar-refractivity contribution is 7.99. The summed E-state index contributed by atoms with van der Waals surface area (Å²) in [5.41, 5.74) is 0.593. The molecular weight excluding hydrogens is 366 g/mol. The second kappa shape index (κ2) is 6.92. The van der Waals surface area contributed by atoms with Gasteiger partial charge in [-0.05, 0) is 24.3 Å². The van der Waals surface area contributed by atoms with E-state index >= 15 is 0 Å². The summed E-state index contributed by atoms with van der Waals surface area (Å²) in [6, 6.07) is 10.9. The number of aromatic nitrogens is 4. The first-order valence-corrected chi connectivity index (χ1v) is 9.27. The van der Waals surface area contributed by atoms with Gasteiger partial charge in [-0.1, -0.05) is 23.9 Å². The fraction of sp³-hybridized carbons (Fsp3) is 0.222. The summed E-state index contributed by atoms with van der Waals surface area (Å²) in [6.45, 7) is 0.407. The molecule has 1 aromatic carbocycles. The van der Waals surface area contributed by atoms with E-state index in [0.717, 1.165) is 11.3 Å². The molecule has 138 valence electrons. The molecule has 3 aromatic heterocycles. The third kappa shape index (κ3) is 3.10. The monoisotopic (exact) mass is 383 g/mol. The number of furan rings is 1. The minimum absolute atomic E-state index is 0.0534. The summed E-state index contributed by atoms with van der Waals surface area (Å²) < 4.78 is 8.54. The molecule has 3 heterocycles. The van der Waals surface area contributed by atoms with Gasteiger partial charge in [-0.15, -0.1) is 10.2 Å². The van der Waals surface area contributed by atoms with Crippen LogP contribution in [0.4, 0.5) is 0 Å². The largest absolute Gasteiger partial charge is 0.467 e. The number of aryl methyl sites for hydroxylation is 1. The van der Waals surface area contributed by atoms with E-state index in [-0.39, 0.29) is 17.2 Å². The molecule has 0 atom stereocenters. The molecule has 0 bridgehead atoms. The Morgan fingerprint density at radius 1 is 1.22 bits per heavy atom. The second-order valence-corrected chi connectivity index (χ2v) is 7.06. The first kappa shape index (κ1) is 17.3. The number of rotatable bonds is 5. The highest BCUT2D eigenvalue weighted by Crippen LogP contribution is 2.21. The van der Waals surface area contributed by atoms with E-state index in [1.807, 2.05) is 24.3 Å². The zero-order valence-corrected chi connectivity index (χ0v) is 15.6. The molecule has 9 heteroatoms. The van der Waals surface area contributed by atoms with Gasteiger partial charge in [0.25, 0.3) is 5.56 Å². The zero-order chi connectivity index (χ0) is 19.0. The third-order valence-corrected chi connectivity index (χ3v) is 5.23. The second-order valence-electron chi connectivity index (χ2n) is 6.12. The van der Waals surface area contributed by atoms with Crippen molar-refractivity contribution in [1.82, 2.24) is 24.1 Å². The van der Waals surface area contributed by atoms with Gasteiger partial charge in [0.05, 0.1) is 29.5 Å². The van der Waals surface area contributed by atoms with Crippen LogP contribution in [0.2, 0.25) is 0 Å². The lowest BCUT2D eigenvalue weighted by Crippen LogP contribution is -2.27. The van der Waals surface area contributed by atoms with Gasteiger partial charge >= 0.3 is 0 Å². The fourth-order valence-electron chi connectivity index (χ4n) is 2.87. The topological polar surface area (TPSA) is 85.6 Å². The number of thioether (sulfide) groups is 1. The van der Waals surface area contributed by atoms with Crippen LogP contribution in [-0.2, 0) is 18.4 Å². The van der Waals surface area contributed by atoms with Gasteiger partial charge < -0.3 is 9.32 Å². The molecule has 0 aliphatic carbocycles. The predicted octanol–water partition coefficient (Wildman–Crippen LogP) is 1.92. The maximum atomic E-state index is 12.5. The molecule has 0 saturated heterocycles. The molecule has 4 rings (SSSR count). The van der Waals surface area contributed by atoms with E-state index in [1.165, 1.54) is 16.3 Å². The van der Waals surface area contributed by atoms with Crippen LogP contribution in [-0.4, -0.2) is 42.8 Å². The van der Waals surface area contributed by atoms with E-state index in [2.05, 4.69) is 10.2 Å². The maximum Gasteiger partial charge on any atom is 0.262 e. The number of benzene rings is 1. The first-order valence-electron chi connectivity index (χ1n) is 8.28. The normalized spacial score (nSPS) is 11.3. The van der Waals surface area contributed by atoms with Crippen LogP contribution in [0.15, 0.2) is 57.0 Å². The highest BCUT2D eigenvalue weighted by atomic mass is 32.2. The van der Waals surface area contributed by atoms with E-state index < -0.39 is 0 Å². The summed E-state index contributed by atoms with van der Waals surface area (Å²) >= 11 is 1.29. The minimum Gasteiger partial charge on any atom is -0.467 e. The smallest absolute Gasteiger partial charge is 0.262 e. The Labute approximate surface area is 158 Å². The van der Waals surface area contributed by atoms with Gasteiger partial charge in [-0.2, -0.15) is 0 Å². The van der Waals surface area contributed by atoms with Crippen LogP contribution in [0.3, 0.4) is 0 Å². The SMILES string of the molecule is CN(Cc1ccco1)C(=O)CSc1nnc2n(C)c(=O)c3ccccc3n12. The Morgan fingerprint density at radius 2 is 2.04 bits per heavy atom. The Balaban J connectivity index is 1.61. The van der Waals surface area contributed by atoms with Crippen LogP contribution < -0.4 is 5.56 Å². The number of hydrogen-bond donors (Lipinski definition) is 0. The van der Waals surface area contributed by atoms with Crippen molar-refractivity contribution in [2.75, 3.05) is 12.8 Å². The van der Waals surface area contributed by atoms with Gasteiger partial charge in [0, 0.05) is 14.1 Å². The maximum absolute atomic E-state index is 12.5.